The molecule has 0 saturated carbocycles. The topological polar surface area (TPSA) is 88.4 Å². The Labute approximate surface area is 105 Å². The Bertz CT molecular complexity index is 460. The van der Waals surface area contributed by atoms with Gasteiger partial charge in [0.05, 0.1) is 17.3 Å². The van der Waals surface area contributed by atoms with Gasteiger partial charge in [-0.2, -0.15) is 0 Å². The van der Waals surface area contributed by atoms with E-state index < -0.39 is 4.92 Å². The smallest absolute Gasteiger partial charge is 0.364 e. The van der Waals surface area contributed by atoms with E-state index in [1.165, 1.54) is 17.2 Å². The highest BCUT2D eigenvalue weighted by atomic mass is 16.6. The van der Waals surface area contributed by atoms with Crippen LogP contribution in [0.15, 0.2) is 12.3 Å². The third kappa shape index (κ3) is 3.16. The van der Waals surface area contributed by atoms with Gasteiger partial charge >= 0.3 is 5.82 Å². The molecule has 1 amide bonds. The van der Waals surface area contributed by atoms with Crippen molar-refractivity contribution in [1.29, 1.82) is 0 Å². The number of pyridine rings is 1. The lowest BCUT2D eigenvalue weighted by molar-refractivity contribution is -0.389. The summed E-state index contributed by atoms with van der Waals surface area (Å²) in [5, 5.41) is 13.7. The van der Waals surface area contributed by atoms with Crippen LogP contribution in [0.4, 0.5) is 11.5 Å². The van der Waals surface area contributed by atoms with Gasteiger partial charge in [-0.1, -0.05) is 6.92 Å². The highest BCUT2D eigenvalue weighted by Crippen LogP contribution is 2.20. The summed E-state index contributed by atoms with van der Waals surface area (Å²) in [5.74, 6) is -0.624. The van der Waals surface area contributed by atoms with Gasteiger partial charge in [0.1, 0.15) is 0 Å². The number of nitrogens with zero attached hydrogens (tertiary/aromatic N) is 3. The third-order valence-corrected chi connectivity index (χ3v) is 2.28. The number of hydrogen-bond acceptors (Lipinski definition) is 5. The Hall–Kier alpha value is -2.18. The van der Waals surface area contributed by atoms with Gasteiger partial charge in [0.15, 0.2) is 6.20 Å². The van der Waals surface area contributed by atoms with Gasteiger partial charge in [-0.3, -0.25) is 4.79 Å². The minimum Gasteiger partial charge on any atom is -0.381 e. The van der Waals surface area contributed by atoms with E-state index in [1.54, 1.807) is 14.1 Å². The second-order valence-corrected chi connectivity index (χ2v) is 3.97. The number of nitrogens with one attached hydrogen (secondary N) is 1. The van der Waals surface area contributed by atoms with E-state index in [2.05, 4.69) is 10.3 Å². The van der Waals surface area contributed by atoms with E-state index >= 15 is 0 Å². The van der Waals surface area contributed by atoms with Crippen LogP contribution in [-0.2, 0) is 0 Å². The molecule has 0 radical (unpaired) electrons. The Morgan fingerprint density at radius 3 is 2.72 bits per heavy atom. The molecular weight excluding hydrogens is 236 g/mol. The molecule has 1 aromatic rings. The first-order chi connectivity index (χ1) is 8.47. The molecule has 0 aromatic carbocycles. The number of carbonyl (C=O) groups is 1. The van der Waals surface area contributed by atoms with E-state index in [4.69, 9.17) is 0 Å². The number of carbonyl (C=O) groups excluding carboxylic acids is 1. The van der Waals surface area contributed by atoms with E-state index in [0.29, 0.717) is 12.2 Å². The Balaban J connectivity index is 3.17. The molecule has 1 aromatic heterocycles. The van der Waals surface area contributed by atoms with E-state index in [1.807, 2.05) is 6.92 Å². The maximum absolute atomic E-state index is 11.9. The van der Waals surface area contributed by atoms with Crippen molar-refractivity contribution in [2.75, 3.05) is 26.0 Å². The largest absolute Gasteiger partial charge is 0.381 e. The summed E-state index contributed by atoms with van der Waals surface area (Å²) in [6.45, 7) is 2.66. The summed E-state index contributed by atoms with van der Waals surface area (Å²) < 4.78 is 0. The maximum Gasteiger partial charge on any atom is 0.364 e. The zero-order valence-electron chi connectivity index (χ0n) is 10.6. The predicted octanol–water partition coefficient (Wildman–Crippen LogP) is 1.51. The Kier molecular flexibility index (Phi) is 4.59. The van der Waals surface area contributed by atoms with E-state index in [0.717, 1.165) is 6.42 Å². The second-order valence-electron chi connectivity index (χ2n) is 3.97. The zero-order chi connectivity index (χ0) is 13.7. The van der Waals surface area contributed by atoms with Crippen LogP contribution < -0.4 is 5.32 Å². The normalized spacial score (nSPS) is 9.94. The van der Waals surface area contributed by atoms with Crippen LogP contribution in [0.3, 0.4) is 0 Å². The lowest BCUT2D eigenvalue weighted by atomic mass is 10.2. The first-order valence-corrected chi connectivity index (χ1v) is 5.57. The Morgan fingerprint density at radius 1 is 1.56 bits per heavy atom. The van der Waals surface area contributed by atoms with Crippen molar-refractivity contribution in [2.24, 2.45) is 0 Å². The molecule has 0 aliphatic heterocycles. The molecule has 0 saturated heterocycles. The number of anilines is 1. The van der Waals surface area contributed by atoms with Crippen molar-refractivity contribution >= 4 is 17.4 Å². The first-order valence-electron chi connectivity index (χ1n) is 5.57. The quantitative estimate of drug-likeness (QED) is 0.634. The highest BCUT2D eigenvalue weighted by Gasteiger charge is 2.19. The standard InChI is InChI=1S/C11H16N4O3/c1-4-5-12-9-7-13-10(15(17)18)6-8(9)11(16)14(2)3/h6-7,12H,4-5H2,1-3H3. The van der Waals surface area contributed by atoms with Crippen LogP contribution in [0.5, 0.6) is 0 Å². The molecule has 98 valence electrons. The van der Waals surface area contributed by atoms with Gasteiger partial charge in [0.2, 0.25) is 0 Å². The van der Waals surface area contributed by atoms with Crippen LogP contribution in [0.25, 0.3) is 0 Å². The summed E-state index contributed by atoms with van der Waals surface area (Å²) in [5.41, 5.74) is 0.774. The fraction of sp³-hybridized carbons (Fsp3) is 0.455. The minimum absolute atomic E-state index is 0.259. The van der Waals surface area contributed by atoms with Crippen molar-refractivity contribution in [3.05, 3.63) is 27.9 Å². The second kappa shape index (κ2) is 5.95. The van der Waals surface area contributed by atoms with Crippen LogP contribution in [0.2, 0.25) is 0 Å². The molecule has 7 nitrogen and oxygen atoms in total. The number of aromatic nitrogens is 1. The van der Waals surface area contributed by atoms with E-state index in [9.17, 15) is 14.9 Å². The summed E-state index contributed by atoms with van der Waals surface area (Å²) in [7, 11) is 3.19. The van der Waals surface area contributed by atoms with Crippen molar-refractivity contribution in [3.63, 3.8) is 0 Å². The molecule has 1 heterocycles. The molecule has 1 rings (SSSR count). The van der Waals surface area contributed by atoms with Gasteiger partial charge in [-0.05, 0) is 16.3 Å². The van der Waals surface area contributed by atoms with Crippen LogP contribution in [0.1, 0.15) is 23.7 Å². The molecule has 7 heteroatoms. The fourth-order valence-electron chi connectivity index (χ4n) is 1.36. The lowest BCUT2D eigenvalue weighted by Crippen LogP contribution is -2.23. The van der Waals surface area contributed by atoms with Gasteiger partial charge in [-0.25, -0.2) is 0 Å². The molecule has 1 N–H and O–H groups in total. The molecule has 18 heavy (non-hydrogen) atoms. The monoisotopic (exact) mass is 252 g/mol. The molecule has 0 aliphatic rings. The molecule has 0 unspecified atom stereocenters. The summed E-state index contributed by atoms with van der Waals surface area (Å²) >= 11 is 0. The average Bonchev–Trinajstić information content (AvgIpc) is 2.34. The summed E-state index contributed by atoms with van der Waals surface area (Å²) in [6, 6.07) is 1.19. The molecule has 0 aliphatic carbocycles. The SMILES string of the molecule is CCCNc1cnc([N+](=O)[O-])cc1C(=O)N(C)C. The number of rotatable bonds is 5. The molecule has 0 atom stereocenters. The van der Waals surface area contributed by atoms with Crippen molar-refractivity contribution < 1.29 is 9.72 Å². The van der Waals surface area contributed by atoms with Gasteiger partial charge in [0, 0.05) is 20.6 Å². The lowest BCUT2D eigenvalue weighted by Gasteiger charge is -2.13. The van der Waals surface area contributed by atoms with Gasteiger partial charge < -0.3 is 20.3 Å². The first kappa shape index (κ1) is 13.9. The summed E-state index contributed by atoms with van der Waals surface area (Å²) in [6.07, 6.45) is 2.21. The zero-order valence-corrected chi connectivity index (χ0v) is 10.6. The maximum atomic E-state index is 11.9. The van der Waals surface area contributed by atoms with Crippen molar-refractivity contribution in [2.45, 2.75) is 13.3 Å². The molecule has 0 bridgehead atoms. The van der Waals surface area contributed by atoms with Crippen LogP contribution in [0, 0.1) is 10.1 Å². The van der Waals surface area contributed by atoms with E-state index in [-0.39, 0.29) is 17.3 Å². The van der Waals surface area contributed by atoms with Crippen molar-refractivity contribution in [1.82, 2.24) is 9.88 Å². The number of hydrogen-bond donors (Lipinski definition) is 1. The molecular formula is C11H16N4O3. The van der Waals surface area contributed by atoms with Crippen LogP contribution >= 0.6 is 0 Å². The van der Waals surface area contributed by atoms with Gasteiger partial charge in [0.25, 0.3) is 5.91 Å². The summed E-state index contributed by atoms with van der Waals surface area (Å²) in [4.78, 5) is 27.1. The number of amides is 1. The fourth-order valence-corrected chi connectivity index (χ4v) is 1.36. The third-order valence-electron chi connectivity index (χ3n) is 2.28. The average molecular weight is 252 g/mol. The van der Waals surface area contributed by atoms with Crippen LogP contribution in [-0.4, -0.2) is 41.4 Å². The van der Waals surface area contributed by atoms with Gasteiger partial charge in [-0.15, -0.1) is 0 Å². The molecule has 0 spiro atoms. The predicted molar refractivity (Wildman–Crippen MR) is 67.7 cm³/mol. The van der Waals surface area contributed by atoms with Crippen molar-refractivity contribution in [3.8, 4) is 0 Å². The minimum atomic E-state index is -0.615. The highest BCUT2D eigenvalue weighted by molar-refractivity contribution is 5.99. The number of nitro groups is 1. The molecule has 0 fully saturated rings. The Morgan fingerprint density at radius 2 is 2.22 bits per heavy atom.